The third kappa shape index (κ3) is 4.82. The molecule has 2 aromatic rings. The van der Waals surface area contributed by atoms with E-state index in [1.807, 2.05) is 32.0 Å². The molecule has 130 valence electrons. The van der Waals surface area contributed by atoms with Crippen LogP contribution in [-0.2, 0) is 6.18 Å². The van der Waals surface area contributed by atoms with Gasteiger partial charge in [-0.25, -0.2) is 9.97 Å². The predicted molar refractivity (Wildman–Crippen MR) is 82.9 cm³/mol. The van der Waals surface area contributed by atoms with E-state index >= 15 is 0 Å². The van der Waals surface area contributed by atoms with E-state index in [-0.39, 0.29) is 19.1 Å². The van der Waals surface area contributed by atoms with Crippen LogP contribution in [0.25, 0.3) is 0 Å². The average molecular weight is 341 g/mol. The Kier molecular flexibility index (Phi) is 5.61. The summed E-state index contributed by atoms with van der Waals surface area (Å²) >= 11 is 0. The maximum atomic E-state index is 12.6. The first-order valence-corrected chi connectivity index (χ1v) is 7.28. The van der Waals surface area contributed by atoms with Crippen molar-refractivity contribution in [1.82, 2.24) is 9.97 Å². The molecule has 0 radical (unpaired) electrons. The number of hydrogen-bond acceptors (Lipinski definition) is 5. The lowest BCUT2D eigenvalue weighted by atomic mass is 10.1. The molecule has 2 rings (SSSR count). The van der Waals surface area contributed by atoms with Crippen molar-refractivity contribution in [3.63, 3.8) is 0 Å². The van der Waals surface area contributed by atoms with Crippen LogP contribution < -0.4 is 10.1 Å². The molecule has 1 heterocycles. The highest BCUT2D eigenvalue weighted by Crippen LogP contribution is 2.27. The molecule has 1 aromatic carbocycles. The van der Waals surface area contributed by atoms with Gasteiger partial charge in [0, 0.05) is 12.7 Å². The normalized spacial score (nSPS) is 12.8. The summed E-state index contributed by atoms with van der Waals surface area (Å²) in [5, 5.41) is 12.5. The van der Waals surface area contributed by atoms with Crippen LogP contribution in [0.15, 0.2) is 30.5 Å². The van der Waals surface area contributed by atoms with Gasteiger partial charge in [0.25, 0.3) is 0 Å². The number of hydrogen-bond donors (Lipinski definition) is 2. The summed E-state index contributed by atoms with van der Waals surface area (Å²) in [5.74, 6) is 0.489. The van der Waals surface area contributed by atoms with E-state index in [4.69, 9.17) is 4.74 Å². The number of para-hydroxylation sites is 1. The fourth-order valence-electron chi connectivity index (χ4n) is 2.08. The maximum Gasteiger partial charge on any atom is 0.433 e. The fourth-order valence-corrected chi connectivity index (χ4v) is 2.08. The van der Waals surface area contributed by atoms with Gasteiger partial charge in [-0.3, -0.25) is 0 Å². The van der Waals surface area contributed by atoms with Crippen LogP contribution in [0.1, 0.15) is 16.8 Å². The number of anilines is 1. The summed E-state index contributed by atoms with van der Waals surface area (Å²) in [5.41, 5.74) is 0.842. The number of aliphatic hydroxyl groups excluding tert-OH is 1. The van der Waals surface area contributed by atoms with E-state index in [2.05, 4.69) is 15.3 Å². The SMILES string of the molecule is Cc1cccc(C)c1OC[C@@H](O)CNc1nccc(C(F)(F)F)n1. The number of aromatic nitrogens is 2. The Bertz CT molecular complexity index is 672. The summed E-state index contributed by atoms with van der Waals surface area (Å²) < 4.78 is 43.3. The first kappa shape index (κ1) is 18.0. The van der Waals surface area contributed by atoms with Gasteiger partial charge in [-0.2, -0.15) is 13.2 Å². The number of alkyl halides is 3. The third-order valence-electron chi connectivity index (χ3n) is 3.27. The highest BCUT2D eigenvalue weighted by atomic mass is 19.4. The molecule has 2 N–H and O–H groups in total. The van der Waals surface area contributed by atoms with Crippen molar-refractivity contribution in [3.05, 3.63) is 47.3 Å². The van der Waals surface area contributed by atoms with Crippen molar-refractivity contribution in [3.8, 4) is 5.75 Å². The second-order valence-corrected chi connectivity index (χ2v) is 5.33. The van der Waals surface area contributed by atoms with Crippen LogP contribution in [0.5, 0.6) is 5.75 Å². The second kappa shape index (κ2) is 7.48. The molecule has 0 unspecified atom stereocenters. The van der Waals surface area contributed by atoms with Gasteiger partial charge in [-0.15, -0.1) is 0 Å². The largest absolute Gasteiger partial charge is 0.490 e. The first-order chi connectivity index (χ1) is 11.3. The molecule has 0 bridgehead atoms. The van der Waals surface area contributed by atoms with Gasteiger partial charge >= 0.3 is 6.18 Å². The smallest absolute Gasteiger partial charge is 0.433 e. The van der Waals surface area contributed by atoms with Crippen LogP contribution in [0.4, 0.5) is 19.1 Å². The van der Waals surface area contributed by atoms with Crippen LogP contribution in [-0.4, -0.2) is 34.3 Å². The van der Waals surface area contributed by atoms with E-state index in [9.17, 15) is 18.3 Å². The lowest BCUT2D eigenvalue weighted by Gasteiger charge is -2.16. The highest BCUT2D eigenvalue weighted by molar-refractivity contribution is 5.39. The van der Waals surface area contributed by atoms with Crippen LogP contribution in [0.3, 0.4) is 0 Å². The fraction of sp³-hybridized carbons (Fsp3) is 0.375. The monoisotopic (exact) mass is 341 g/mol. The standard InChI is InChI=1S/C16H18F3N3O2/c1-10-4-3-5-11(2)14(10)24-9-12(23)8-21-15-20-7-6-13(22-15)16(17,18)19/h3-7,12,23H,8-9H2,1-2H3,(H,20,21,22)/t12-/m0/s1. The number of ether oxygens (including phenoxy) is 1. The Morgan fingerprint density at radius 1 is 1.21 bits per heavy atom. The predicted octanol–water partition coefficient (Wildman–Crippen LogP) is 2.96. The molecule has 0 aliphatic heterocycles. The molecule has 8 heteroatoms. The molecule has 5 nitrogen and oxygen atoms in total. The summed E-state index contributed by atoms with van der Waals surface area (Å²) in [4.78, 5) is 7.06. The molecule has 1 atom stereocenters. The van der Waals surface area contributed by atoms with Crippen LogP contribution in [0.2, 0.25) is 0 Å². The molecule has 0 saturated heterocycles. The Labute approximate surface area is 137 Å². The van der Waals surface area contributed by atoms with E-state index in [1.54, 1.807) is 0 Å². The molecule has 0 spiro atoms. The number of aliphatic hydroxyl groups is 1. The Balaban J connectivity index is 1.89. The van der Waals surface area contributed by atoms with Crippen molar-refractivity contribution < 1.29 is 23.0 Å². The van der Waals surface area contributed by atoms with Crippen LogP contribution >= 0.6 is 0 Å². The van der Waals surface area contributed by atoms with Gasteiger partial charge in [0.1, 0.15) is 24.2 Å². The molecular formula is C16H18F3N3O2. The number of nitrogens with one attached hydrogen (secondary N) is 1. The average Bonchev–Trinajstić information content (AvgIpc) is 2.52. The molecular weight excluding hydrogens is 323 g/mol. The minimum atomic E-state index is -4.54. The quantitative estimate of drug-likeness (QED) is 0.846. The summed E-state index contributed by atoms with van der Waals surface area (Å²) in [6.45, 7) is 3.75. The van der Waals surface area contributed by atoms with Crippen molar-refractivity contribution in [2.24, 2.45) is 0 Å². The molecule has 0 saturated carbocycles. The van der Waals surface area contributed by atoms with Crippen molar-refractivity contribution in [2.75, 3.05) is 18.5 Å². The van der Waals surface area contributed by atoms with Gasteiger partial charge in [0.05, 0.1) is 0 Å². The maximum absolute atomic E-state index is 12.6. The zero-order valence-electron chi connectivity index (χ0n) is 13.3. The number of rotatable bonds is 6. The van der Waals surface area contributed by atoms with E-state index in [0.29, 0.717) is 5.75 Å². The first-order valence-electron chi connectivity index (χ1n) is 7.28. The molecule has 24 heavy (non-hydrogen) atoms. The number of halogens is 3. The zero-order valence-corrected chi connectivity index (χ0v) is 13.3. The summed E-state index contributed by atoms with van der Waals surface area (Å²) in [7, 11) is 0. The Hall–Kier alpha value is -2.35. The third-order valence-corrected chi connectivity index (χ3v) is 3.27. The van der Waals surface area contributed by atoms with Gasteiger partial charge < -0.3 is 15.2 Å². The van der Waals surface area contributed by atoms with Gasteiger partial charge in [0.2, 0.25) is 5.95 Å². The molecule has 0 amide bonds. The van der Waals surface area contributed by atoms with E-state index < -0.39 is 18.0 Å². The van der Waals surface area contributed by atoms with E-state index in [1.165, 1.54) is 0 Å². The lowest BCUT2D eigenvalue weighted by molar-refractivity contribution is -0.141. The molecule has 0 aliphatic rings. The molecule has 0 aliphatic carbocycles. The summed E-state index contributed by atoms with van der Waals surface area (Å²) in [6.07, 6.45) is -4.46. The number of benzene rings is 1. The van der Waals surface area contributed by atoms with Gasteiger partial charge in [0.15, 0.2) is 0 Å². The second-order valence-electron chi connectivity index (χ2n) is 5.33. The zero-order chi connectivity index (χ0) is 17.7. The number of aryl methyl sites for hydroxylation is 2. The van der Waals surface area contributed by atoms with Crippen molar-refractivity contribution in [2.45, 2.75) is 26.1 Å². The minimum Gasteiger partial charge on any atom is -0.490 e. The van der Waals surface area contributed by atoms with Gasteiger partial charge in [-0.05, 0) is 31.0 Å². The van der Waals surface area contributed by atoms with E-state index in [0.717, 1.165) is 23.4 Å². The Morgan fingerprint density at radius 3 is 2.50 bits per heavy atom. The lowest BCUT2D eigenvalue weighted by Crippen LogP contribution is -2.27. The number of nitrogens with zero attached hydrogens (tertiary/aromatic N) is 2. The summed E-state index contributed by atoms with van der Waals surface area (Å²) in [6, 6.07) is 6.47. The van der Waals surface area contributed by atoms with Crippen molar-refractivity contribution in [1.29, 1.82) is 0 Å². The molecule has 0 fully saturated rings. The molecule has 1 aromatic heterocycles. The Morgan fingerprint density at radius 2 is 1.88 bits per heavy atom. The topological polar surface area (TPSA) is 67.3 Å². The van der Waals surface area contributed by atoms with Gasteiger partial charge in [-0.1, -0.05) is 18.2 Å². The van der Waals surface area contributed by atoms with Crippen LogP contribution in [0, 0.1) is 13.8 Å². The van der Waals surface area contributed by atoms with Crippen molar-refractivity contribution >= 4 is 5.95 Å². The minimum absolute atomic E-state index is 0.00233. The highest BCUT2D eigenvalue weighted by Gasteiger charge is 2.32.